The molecule has 2 unspecified atom stereocenters. The van der Waals surface area contributed by atoms with Gasteiger partial charge in [0.05, 0.1) is 0 Å². The summed E-state index contributed by atoms with van der Waals surface area (Å²) in [6.07, 6.45) is 1.08. The van der Waals surface area contributed by atoms with Crippen molar-refractivity contribution in [2.24, 2.45) is 16.5 Å². The van der Waals surface area contributed by atoms with E-state index in [-0.39, 0.29) is 11.5 Å². The Morgan fingerprint density at radius 1 is 1.54 bits per heavy atom. The van der Waals surface area contributed by atoms with Crippen LogP contribution >= 0.6 is 0 Å². The van der Waals surface area contributed by atoms with E-state index in [0.29, 0.717) is 5.92 Å². The topological polar surface area (TPSA) is 63.4 Å². The van der Waals surface area contributed by atoms with Crippen molar-refractivity contribution in [3.05, 3.63) is 0 Å². The summed E-state index contributed by atoms with van der Waals surface area (Å²) in [5.41, 5.74) is 0.276. The minimum atomic E-state index is -3.52. The van der Waals surface area contributed by atoms with Gasteiger partial charge in [-0.3, -0.25) is 0 Å². The molecule has 1 aliphatic carbocycles. The molecule has 0 amide bonds. The van der Waals surface area contributed by atoms with Gasteiger partial charge in [0.2, 0.25) is 0 Å². The maximum atomic E-state index is 11.0. The van der Waals surface area contributed by atoms with Gasteiger partial charge in [-0.2, -0.15) is 12.7 Å². The van der Waals surface area contributed by atoms with Crippen LogP contribution in [0.3, 0.4) is 0 Å². The van der Waals surface area contributed by atoms with Crippen LogP contribution in [0.25, 0.3) is 0 Å². The third-order valence-corrected chi connectivity index (χ3v) is 4.28. The van der Waals surface area contributed by atoms with Crippen molar-refractivity contribution in [2.45, 2.75) is 33.2 Å². The first kappa shape index (κ1) is 10.9. The monoisotopic (exact) mass is 206 g/mol. The Bertz CT molecular complexity index is 297. The molecule has 0 aromatic rings. The van der Waals surface area contributed by atoms with Crippen molar-refractivity contribution in [1.82, 2.24) is 4.31 Å². The summed E-state index contributed by atoms with van der Waals surface area (Å²) in [6.45, 7) is 6.19. The Labute approximate surface area is 80.3 Å². The minimum Gasteiger partial charge on any atom is -0.216 e. The first-order valence-corrected chi connectivity index (χ1v) is 5.92. The molecule has 1 fully saturated rings. The second-order valence-corrected chi connectivity index (χ2v) is 6.21. The highest BCUT2D eigenvalue weighted by molar-refractivity contribution is 7.86. The molecule has 2 atom stereocenters. The fraction of sp³-hybridized carbons (Fsp3) is 1.00. The molecule has 5 heteroatoms. The summed E-state index contributed by atoms with van der Waals surface area (Å²) >= 11 is 0. The second kappa shape index (κ2) is 2.93. The Morgan fingerprint density at radius 3 is 2.15 bits per heavy atom. The van der Waals surface area contributed by atoms with Crippen molar-refractivity contribution in [3.63, 3.8) is 0 Å². The molecule has 0 heterocycles. The normalized spacial score (nSPS) is 28.9. The highest BCUT2D eigenvalue weighted by Crippen LogP contribution is 2.54. The summed E-state index contributed by atoms with van der Waals surface area (Å²) < 4.78 is 23.3. The molecule has 2 N–H and O–H groups in total. The van der Waals surface area contributed by atoms with Crippen molar-refractivity contribution in [1.29, 1.82) is 0 Å². The molecule has 0 saturated heterocycles. The zero-order valence-corrected chi connectivity index (χ0v) is 9.43. The average molecular weight is 206 g/mol. The van der Waals surface area contributed by atoms with E-state index in [1.807, 2.05) is 6.92 Å². The van der Waals surface area contributed by atoms with Gasteiger partial charge >= 0.3 is 0 Å². The lowest BCUT2D eigenvalue weighted by Gasteiger charge is -2.23. The summed E-state index contributed by atoms with van der Waals surface area (Å²) in [6, 6.07) is 0.00463. The average Bonchev–Trinajstić information content (AvgIpc) is 2.55. The Hall–Kier alpha value is -0.130. The molecular weight excluding hydrogens is 188 g/mol. The molecule has 0 aromatic carbocycles. The van der Waals surface area contributed by atoms with Crippen molar-refractivity contribution in [3.8, 4) is 0 Å². The molecule has 0 spiro atoms. The number of hydrogen-bond acceptors (Lipinski definition) is 2. The molecule has 1 rings (SSSR count). The third-order valence-electron chi connectivity index (χ3n) is 3.15. The van der Waals surface area contributed by atoms with E-state index in [9.17, 15) is 8.42 Å². The molecule has 1 aliphatic rings. The van der Waals surface area contributed by atoms with Crippen LogP contribution < -0.4 is 5.14 Å². The fourth-order valence-electron chi connectivity index (χ4n) is 1.82. The van der Waals surface area contributed by atoms with Crippen molar-refractivity contribution >= 4 is 10.2 Å². The lowest BCUT2D eigenvalue weighted by atomic mass is 10.1. The lowest BCUT2D eigenvalue weighted by molar-refractivity contribution is 0.326. The number of rotatable bonds is 3. The summed E-state index contributed by atoms with van der Waals surface area (Å²) in [5.74, 6) is 0.441. The highest BCUT2D eigenvalue weighted by Gasteiger charge is 2.50. The molecule has 1 saturated carbocycles. The molecule has 0 bridgehead atoms. The first-order chi connectivity index (χ1) is 5.66. The van der Waals surface area contributed by atoms with Gasteiger partial charge in [-0.25, -0.2) is 5.14 Å². The highest BCUT2D eigenvalue weighted by atomic mass is 32.2. The standard InChI is InChI=1S/C8H18N2O2S/c1-6(7-5-8(7,2)3)10(4)13(9,11)12/h6-7H,5H2,1-4H3,(H2,9,11,12). The van der Waals surface area contributed by atoms with Gasteiger partial charge in [-0.15, -0.1) is 0 Å². The number of hydrogen-bond donors (Lipinski definition) is 1. The maximum absolute atomic E-state index is 11.0. The predicted octanol–water partition coefficient (Wildman–Crippen LogP) is 0.556. The lowest BCUT2D eigenvalue weighted by Crippen LogP contribution is -2.41. The van der Waals surface area contributed by atoms with Crippen LogP contribution in [0.1, 0.15) is 27.2 Å². The Kier molecular flexibility index (Phi) is 2.47. The summed E-state index contributed by atoms with van der Waals surface area (Å²) in [4.78, 5) is 0. The SMILES string of the molecule is CC(C1CC1(C)C)N(C)S(N)(=O)=O. The van der Waals surface area contributed by atoms with Crippen LogP contribution in [0.5, 0.6) is 0 Å². The maximum Gasteiger partial charge on any atom is 0.276 e. The van der Waals surface area contributed by atoms with Crippen LogP contribution in [0, 0.1) is 11.3 Å². The van der Waals surface area contributed by atoms with E-state index in [0.717, 1.165) is 6.42 Å². The van der Waals surface area contributed by atoms with Crippen LogP contribution in [0.15, 0.2) is 0 Å². The zero-order chi connectivity index (χ0) is 10.4. The van der Waals surface area contributed by atoms with Gasteiger partial charge in [0.15, 0.2) is 0 Å². The first-order valence-electron chi connectivity index (χ1n) is 4.42. The summed E-state index contributed by atoms with van der Waals surface area (Å²) in [7, 11) is -1.99. The molecule has 0 radical (unpaired) electrons. The molecule has 0 aliphatic heterocycles. The minimum absolute atomic E-state index is 0.00463. The van der Waals surface area contributed by atoms with Crippen molar-refractivity contribution < 1.29 is 8.42 Å². The number of nitrogens with zero attached hydrogens (tertiary/aromatic N) is 1. The molecule has 78 valence electrons. The smallest absolute Gasteiger partial charge is 0.216 e. The van der Waals surface area contributed by atoms with E-state index in [1.165, 1.54) is 11.4 Å². The fourth-order valence-corrected chi connectivity index (χ4v) is 2.43. The predicted molar refractivity (Wildman–Crippen MR) is 52.2 cm³/mol. The quantitative estimate of drug-likeness (QED) is 0.733. The van der Waals surface area contributed by atoms with Gasteiger partial charge in [0, 0.05) is 13.1 Å². The van der Waals surface area contributed by atoms with Crippen LogP contribution in [0.2, 0.25) is 0 Å². The van der Waals surface area contributed by atoms with E-state index < -0.39 is 10.2 Å². The second-order valence-electron chi connectivity index (χ2n) is 4.60. The molecule has 0 aromatic heterocycles. The van der Waals surface area contributed by atoms with Crippen LogP contribution in [0.4, 0.5) is 0 Å². The number of nitrogens with two attached hydrogens (primary N) is 1. The van der Waals surface area contributed by atoms with E-state index in [1.54, 1.807) is 0 Å². The third kappa shape index (κ3) is 2.21. The van der Waals surface area contributed by atoms with E-state index >= 15 is 0 Å². The summed E-state index contributed by atoms with van der Waals surface area (Å²) in [5, 5.41) is 5.03. The Morgan fingerprint density at radius 2 is 1.92 bits per heavy atom. The van der Waals surface area contributed by atoms with Gasteiger partial charge in [-0.1, -0.05) is 13.8 Å². The van der Waals surface area contributed by atoms with E-state index in [4.69, 9.17) is 5.14 Å². The van der Waals surface area contributed by atoms with E-state index in [2.05, 4.69) is 13.8 Å². The van der Waals surface area contributed by atoms with Crippen molar-refractivity contribution in [2.75, 3.05) is 7.05 Å². The van der Waals surface area contributed by atoms with Gasteiger partial charge < -0.3 is 0 Å². The van der Waals surface area contributed by atoms with Crippen LogP contribution in [-0.4, -0.2) is 25.8 Å². The van der Waals surface area contributed by atoms with Gasteiger partial charge in [-0.05, 0) is 24.7 Å². The van der Waals surface area contributed by atoms with Gasteiger partial charge in [0.25, 0.3) is 10.2 Å². The molecule has 4 nitrogen and oxygen atoms in total. The van der Waals surface area contributed by atoms with Crippen LogP contribution in [-0.2, 0) is 10.2 Å². The Balaban J connectivity index is 2.66. The van der Waals surface area contributed by atoms with Gasteiger partial charge in [0.1, 0.15) is 0 Å². The largest absolute Gasteiger partial charge is 0.276 e. The zero-order valence-electron chi connectivity index (χ0n) is 8.61. The molecule has 13 heavy (non-hydrogen) atoms. The molecular formula is C8H18N2O2S.